The molecule has 1 aromatic heterocycles. The number of terminal acetylenes is 1. The van der Waals surface area contributed by atoms with Crippen LogP contribution in [-0.2, 0) is 9.47 Å². The van der Waals surface area contributed by atoms with Crippen LogP contribution >= 0.6 is 0 Å². The monoisotopic (exact) mass is 282 g/mol. The van der Waals surface area contributed by atoms with Gasteiger partial charge in [0.2, 0.25) is 5.60 Å². The molecular formula is C12H14N2O6. The van der Waals surface area contributed by atoms with Gasteiger partial charge in [0.25, 0.3) is 5.56 Å². The summed E-state index contributed by atoms with van der Waals surface area (Å²) in [5.41, 5.74) is -2.98. The van der Waals surface area contributed by atoms with E-state index in [0.29, 0.717) is 0 Å². The van der Waals surface area contributed by atoms with Gasteiger partial charge in [0.15, 0.2) is 6.23 Å². The third-order valence-electron chi connectivity index (χ3n) is 3.31. The molecule has 4 atom stereocenters. The molecule has 8 heteroatoms. The van der Waals surface area contributed by atoms with Crippen LogP contribution in [0.25, 0.3) is 0 Å². The van der Waals surface area contributed by atoms with Crippen molar-refractivity contribution in [3.8, 4) is 12.3 Å². The highest BCUT2D eigenvalue weighted by Gasteiger charge is 2.57. The summed E-state index contributed by atoms with van der Waals surface area (Å²) in [5, 5.41) is 19.3. The van der Waals surface area contributed by atoms with Gasteiger partial charge in [-0.2, -0.15) is 0 Å². The van der Waals surface area contributed by atoms with Crippen LogP contribution in [-0.4, -0.2) is 51.3 Å². The van der Waals surface area contributed by atoms with Crippen molar-refractivity contribution in [2.75, 3.05) is 13.7 Å². The Morgan fingerprint density at radius 2 is 2.35 bits per heavy atom. The summed E-state index contributed by atoms with van der Waals surface area (Å²) in [7, 11) is 1.26. The number of nitrogens with one attached hydrogen (secondary N) is 1. The van der Waals surface area contributed by atoms with Gasteiger partial charge in [-0.3, -0.25) is 14.3 Å². The first-order valence-corrected chi connectivity index (χ1v) is 5.79. The van der Waals surface area contributed by atoms with E-state index in [4.69, 9.17) is 15.9 Å². The normalized spacial score (nSPS) is 33.0. The average molecular weight is 282 g/mol. The second-order valence-electron chi connectivity index (χ2n) is 4.31. The van der Waals surface area contributed by atoms with Gasteiger partial charge in [-0.1, -0.05) is 5.92 Å². The van der Waals surface area contributed by atoms with Gasteiger partial charge < -0.3 is 19.7 Å². The van der Waals surface area contributed by atoms with Crippen molar-refractivity contribution >= 4 is 0 Å². The van der Waals surface area contributed by atoms with E-state index in [0.717, 1.165) is 10.6 Å². The van der Waals surface area contributed by atoms with Crippen LogP contribution in [0.4, 0.5) is 0 Å². The van der Waals surface area contributed by atoms with E-state index < -0.39 is 41.9 Å². The first-order chi connectivity index (χ1) is 9.50. The molecule has 0 unspecified atom stereocenters. The maximum atomic E-state index is 11.8. The molecule has 0 radical (unpaired) electrons. The van der Waals surface area contributed by atoms with E-state index in [2.05, 4.69) is 10.9 Å². The molecule has 0 saturated carbocycles. The van der Waals surface area contributed by atoms with E-state index in [9.17, 15) is 19.8 Å². The molecule has 0 aromatic carbocycles. The zero-order valence-corrected chi connectivity index (χ0v) is 10.6. The zero-order valence-electron chi connectivity index (χ0n) is 10.6. The van der Waals surface area contributed by atoms with Gasteiger partial charge in [0.1, 0.15) is 12.2 Å². The summed E-state index contributed by atoms with van der Waals surface area (Å²) < 4.78 is 11.6. The average Bonchev–Trinajstić information content (AvgIpc) is 2.71. The van der Waals surface area contributed by atoms with E-state index in [1.54, 1.807) is 0 Å². The number of nitrogens with zero attached hydrogens (tertiary/aromatic N) is 1. The number of hydrogen-bond acceptors (Lipinski definition) is 6. The maximum Gasteiger partial charge on any atom is 0.330 e. The van der Waals surface area contributed by atoms with Gasteiger partial charge >= 0.3 is 5.69 Å². The molecule has 1 fully saturated rings. The second kappa shape index (κ2) is 5.22. The molecule has 1 saturated heterocycles. The fourth-order valence-electron chi connectivity index (χ4n) is 2.23. The Balaban J connectivity index is 2.57. The first-order valence-electron chi connectivity index (χ1n) is 5.79. The Labute approximate surface area is 113 Å². The molecule has 0 aliphatic carbocycles. The lowest BCUT2D eigenvalue weighted by molar-refractivity contribution is -0.0965. The standard InChI is InChI=1S/C12H14N2O6/c1-3-12(19-2)9(17)7(6-15)20-10(12)14-5-4-8(16)13-11(14)18/h1,4-5,7,9-10,15,17H,6H2,2H3,(H,13,16,18)/t7-,9-,10-,12+/m1/s1. The lowest BCUT2D eigenvalue weighted by Gasteiger charge is -2.30. The summed E-state index contributed by atoms with van der Waals surface area (Å²) in [6, 6.07) is 1.11. The first kappa shape index (κ1) is 14.5. The molecule has 0 bridgehead atoms. The van der Waals surface area contributed by atoms with Gasteiger partial charge in [-0.15, -0.1) is 6.42 Å². The van der Waals surface area contributed by atoms with E-state index in [1.165, 1.54) is 13.3 Å². The van der Waals surface area contributed by atoms with Crippen molar-refractivity contribution in [1.82, 2.24) is 9.55 Å². The number of methoxy groups -OCH3 is 1. The van der Waals surface area contributed by atoms with Crippen molar-refractivity contribution in [3.05, 3.63) is 33.1 Å². The molecule has 108 valence electrons. The second-order valence-corrected chi connectivity index (χ2v) is 4.31. The summed E-state index contributed by atoms with van der Waals surface area (Å²) in [6.07, 6.45) is 3.09. The summed E-state index contributed by atoms with van der Waals surface area (Å²) in [6.45, 7) is -0.497. The number of ether oxygens (including phenoxy) is 2. The fourth-order valence-corrected chi connectivity index (χ4v) is 2.23. The molecule has 3 N–H and O–H groups in total. The molecule has 0 amide bonds. The maximum absolute atomic E-state index is 11.8. The van der Waals surface area contributed by atoms with Gasteiger partial charge in [0, 0.05) is 19.4 Å². The molecule has 1 aliphatic rings. The van der Waals surface area contributed by atoms with Crippen LogP contribution in [0.15, 0.2) is 21.9 Å². The lowest BCUT2D eigenvalue weighted by atomic mass is 9.94. The van der Waals surface area contributed by atoms with E-state index in [1.807, 2.05) is 0 Å². The van der Waals surface area contributed by atoms with E-state index in [-0.39, 0.29) is 0 Å². The van der Waals surface area contributed by atoms with Crippen molar-refractivity contribution in [3.63, 3.8) is 0 Å². The number of aliphatic hydroxyl groups is 2. The minimum atomic E-state index is -1.64. The third kappa shape index (κ3) is 1.97. The Kier molecular flexibility index (Phi) is 3.78. The highest BCUT2D eigenvalue weighted by Crippen LogP contribution is 2.39. The summed E-state index contributed by atoms with van der Waals surface area (Å²) in [5.74, 6) is 2.27. The topological polar surface area (TPSA) is 114 Å². The quantitative estimate of drug-likeness (QED) is 0.542. The molecule has 0 spiro atoms. The molecule has 2 heterocycles. The van der Waals surface area contributed by atoms with Crippen LogP contribution in [0.3, 0.4) is 0 Å². The van der Waals surface area contributed by atoms with Crippen LogP contribution in [0, 0.1) is 12.3 Å². The minimum Gasteiger partial charge on any atom is -0.394 e. The molecule has 1 aromatic rings. The summed E-state index contributed by atoms with van der Waals surface area (Å²) in [4.78, 5) is 24.9. The van der Waals surface area contributed by atoms with Gasteiger partial charge in [0.05, 0.1) is 6.61 Å². The highest BCUT2D eigenvalue weighted by molar-refractivity contribution is 5.20. The number of hydrogen-bond donors (Lipinski definition) is 3. The summed E-state index contributed by atoms with van der Waals surface area (Å²) >= 11 is 0. The van der Waals surface area contributed by atoms with Crippen LogP contribution < -0.4 is 11.2 Å². The predicted octanol–water partition coefficient (Wildman–Crippen LogP) is -2.19. The minimum absolute atomic E-state index is 0.497. The number of aliphatic hydroxyl groups excluding tert-OH is 2. The van der Waals surface area contributed by atoms with Crippen molar-refractivity contribution < 1.29 is 19.7 Å². The predicted molar refractivity (Wildman–Crippen MR) is 66.9 cm³/mol. The van der Waals surface area contributed by atoms with Gasteiger partial charge in [-0.05, 0) is 0 Å². The van der Waals surface area contributed by atoms with E-state index >= 15 is 0 Å². The molecule has 1 aliphatic heterocycles. The van der Waals surface area contributed by atoms with Crippen LogP contribution in [0.1, 0.15) is 6.23 Å². The zero-order chi connectivity index (χ0) is 14.9. The van der Waals surface area contributed by atoms with Gasteiger partial charge in [-0.25, -0.2) is 4.79 Å². The Morgan fingerprint density at radius 3 is 2.85 bits per heavy atom. The molecule has 2 rings (SSSR count). The molecule has 20 heavy (non-hydrogen) atoms. The fraction of sp³-hybridized carbons (Fsp3) is 0.500. The van der Waals surface area contributed by atoms with Crippen molar-refractivity contribution in [2.45, 2.75) is 24.0 Å². The Hall–Kier alpha value is -1.92. The SMILES string of the molecule is C#C[C@]1(OC)[C@H](O)[C@@H](CO)O[C@H]1n1ccc(=O)[nH]c1=O. The third-order valence-corrected chi connectivity index (χ3v) is 3.31. The largest absolute Gasteiger partial charge is 0.394 e. The highest BCUT2D eigenvalue weighted by atomic mass is 16.6. The number of H-pyrrole nitrogens is 1. The van der Waals surface area contributed by atoms with Crippen molar-refractivity contribution in [1.29, 1.82) is 0 Å². The number of aromatic amines is 1. The Bertz CT molecular complexity index is 644. The number of aromatic nitrogens is 2. The Morgan fingerprint density at radius 1 is 1.65 bits per heavy atom. The molecule has 8 nitrogen and oxygen atoms in total. The lowest BCUT2D eigenvalue weighted by Crippen LogP contribution is -2.49. The van der Waals surface area contributed by atoms with Crippen LogP contribution in [0.5, 0.6) is 0 Å². The molecular weight excluding hydrogens is 268 g/mol. The smallest absolute Gasteiger partial charge is 0.330 e. The number of rotatable bonds is 3. The van der Waals surface area contributed by atoms with Crippen molar-refractivity contribution in [2.24, 2.45) is 0 Å². The van der Waals surface area contributed by atoms with Crippen LogP contribution in [0.2, 0.25) is 0 Å².